The number of benzene rings is 1. The molecule has 24 heavy (non-hydrogen) atoms. The topological polar surface area (TPSA) is 65.5 Å². The van der Waals surface area contributed by atoms with Gasteiger partial charge in [0.25, 0.3) is 0 Å². The maximum absolute atomic E-state index is 12.1. The van der Waals surface area contributed by atoms with Crippen LogP contribution in [0.25, 0.3) is 0 Å². The highest BCUT2D eigenvalue weighted by atomic mass is 16.3. The van der Waals surface area contributed by atoms with Gasteiger partial charge >= 0.3 is 0 Å². The van der Waals surface area contributed by atoms with Crippen molar-refractivity contribution in [3.63, 3.8) is 0 Å². The molecule has 0 aliphatic carbocycles. The largest absolute Gasteiger partial charge is 0.391 e. The summed E-state index contributed by atoms with van der Waals surface area (Å²) in [5.74, 6) is 0.715. The molecule has 1 fully saturated rings. The summed E-state index contributed by atoms with van der Waals surface area (Å²) in [4.78, 5) is 18.2. The highest BCUT2D eigenvalue weighted by molar-refractivity contribution is 5.91. The minimum Gasteiger partial charge on any atom is -0.391 e. The predicted octanol–water partition coefficient (Wildman–Crippen LogP) is 1.95. The molecule has 3 rings (SSSR count). The number of anilines is 1. The first-order chi connectivity index (χ1) is 11.7. The maximum Gasteiger partial charge on any atom is 0.239 e. The lowest BCUT2D eigenvalue weighted by atomic mass is 9.88. The van der Waals surface area contributed by atoms with E-state index in [4.69, 9.17) is 0 Å². The third-order valence-corrected chi connectivity index (χ3v) is 4.45. The van der Waals surface area contributed by atoms with Gasteiger partial charge in [-0.15, -0.1) is 0 Å². The number of hydrogen-bond acceptors (Lipinski definition) is 4. The Labute approximate surface area is 142 Å². The average Bonchev–Trinajstić information content (AvgIpc) is 2.59. The third-order valence-electron chi connectivity index (χ3n) is 4.45. The van der Waals surface area contributed by atoms with Gasteiger partial charge in [0.2, 0.25) is 5.91 Å². The monoisotopic (exact) mass is 325 g/mol. The van der Waals surface area contributed by atoms with Gasteiger partial charge in [0.15, 0.2) is 0 Å². The summed E-state index contributed by atoms with van der Waals surface area (Å²) in [6.07, 6.45) is 3.03. The molecule has 1 saturated heterocycles. The summed E-state index contributed by atoms with van der Waals surface area (Å²) >= 11 is 0. The third kappa shape index (κ3) is 4.63. The predicted molar refractivity (Wildman–Crippen MR) is 93.6 cm³/mol. The molecule has 5 nitrogen and oxygen atoms in total. The zero-order chi connectivity index (χ0) is 16.8. The second-order valence-corrected chi connectivity index (χ2v) is 6.30. The molecule has 1 aromatic carbocycles. The molecule has 5 heteroatoms. The van der Waals surface area contributed by atoms with Gasteiger partial charge in [0.05, 0.1) is 12.6 Å². The van der Waals surface area contributed by atoms with Gasteiger partial charge < -0.3 is 10.4 Å². The van der Waals surface area contributed by atoms with E-state index in [-0.39, 0.29) is 18.4 Å². The van der Waals surface area contributed by atoms with Crippen LogP contribution in [0.5, 0.6) is 0 Å². The lowest BCUT2D eigenvalue weighted by molar-refractivity contribution is -0.118. The Morgan fingerprint density at radius 3 is 2.71 bits per heavy atom. The Hall–Kier alpha value is -2.24. The molecule has 1 amide bonds. The zero-order valence-electron chi connectivity index (χ0n) is 13.6. The molecule has 2 atom stereocenters. The highest BCUT2D eigenvalue weighted by Crippen LogP contribution is 2.22. The van der Waals surface area contributed by atoms with Gasteiger partial charge in [-0.1, -0.05) is 36.4 Å². The number of aliphatic hydroxyl groups excluding tert-OH is 1. The fraction of sp³-hybridized carbons (Fsp3) is 0.368. The number of pyridine rings is 1. The molecule has 2 N–H and O–H groups in total. The van der Waals surface area contributed by atoms with Crippen molar-refractivity contribution in [2.75, 3.05) is 25.0 Å². The number of aliphatic hydroxyl groups is 1. The average molecular weight is 325 g/mol. The molecule has 1 aliphatic heterocycles. The van der Waals surface area contributed by atoms with E-state index in [9.17, 15) is 9.90 Å². The number of hydrogen-bond donors (Lipinski definition) is 2. The van der Waals surface area contributed by atoms with Crippen molar-refractivity contribution < 1.29 is 9.90 Å². The second kappa shape index (κ2) is 8.04. The minimum absolute atomic E-state index is 0.0950. The molecule has 126 valence electrons. The van der Waals surface area contributed by atoms with Crippen LogP contribution in [0, 0.1) is 5.92 Å². The number of nitrogens with one attached hydrogen (secondary N) is 1. The van der Waals surface area contributed by atoms with E-state index in [0.29, 0.717) is 12.4 Å². The number of carbonyl (C=O) groups is 1. The molecule has 1 aliphatic rings. The number of carbonyl (C=O) groups excluding carboxylic acids is 1. The Bertz CT molecular complexity index is 648. The van der Waals surface area contributed by atoms with Crippen molar-refractivity contribution in [3.05, 3.63) is 60.3 Å². The Morgan fingerprint density at radius 1 is 1.21 bits per heavy atom. The lowest BCUT2D eigenvalue weighted by Crippen LogP contribution is -2.47. The SMILES string of the molecule is O=C(CN1CC[C@H](Cc2ccccc2)[C@H](O)C1)Nc1ccccn1. The second-order valence-electron chi connectivity index (χ2n) is 6.30. The molecule has 0 spiro atoms. The van der Waals surface area contributed by atoms with Gasteiger partial charge in [-0.2, -0.15) is 0 Å². The van der Waals surface area contributed by atoms with Crippen LogP contribution >= 0.6 is 0 Å². The fourth-order valence-electron chi connectivity index (χ4n) is 3.17. The molecule has 2 aromatic rings. The summed E-state index contributed by atoms with van der Waals surface area (Å²) in [7, 11) is 0. The lowest BCUT2D eigenvalue weighted by Gasteiger charge is -2.35. The van der Waals surface area contributed by atoms with Crippen molar-refractivity contribution in [2.24, 2.45) is 5.92 Å². The van der Waals surface area contributed by atoms with Crippen LogP contribution in [0.3, 0.4) is 0 Å². The normalized spacial score (nSPS) is 21.4. The van der Waals surface area contributed by atoms with Gasteiger partial charge in [-0.05, 0) is 43.0 Å². The molecule has 0 radical (unpaired) electrons. The van der Waals surface area contributed by atoms with E-state index in [1.54, 1.807) is 12.3 Å². The van der Waals surface area contributed by atoms with E-state index in [2.05, 4.69) is 22.4 Å². The Balaban J connectivity index is 1.47. The number of aromatic nitrogens is 1. The van der Waals surface area contributed by atoms with Crippen LogP contribution in [-0.2, 0) is 11.2 Å². The van der Waals surface area contributed by atoms with Crippen LogP contribution in [0.1, 0.15) is 12.0 Å². The van der Waals surface area contributed by atoms with E-state index in [1.165, 1.54) is 5.56 Å². The number of piperidine rings is 1. The first kappa shape index (κ1) is 16.6. The van der Waals surface area contributed by atoms with Gasteiger partial charge in [0.1, 0.15) is 5.82 Å². The number of rotatable bonds is 5. The molecular formula is C19H23N3O2. The number of likely N-dealkylation sites (tertiary alicyclic amines) is 1. The molecule has 0 saturated carbocycles. The van der Waals surface area contributed by atoms with Crippen LogP contribution in [0.2, 0.25) is 0 Å². The van der Waals surface area contributed by atoms with Crippen molar-refractivity contribution >= 4 is 11.7 Å². The van der Waals surface area contributed by atoms with Gasteiger partial charge in [0, 0.05) is 12.7 Å². The van der Waals surface area contributed by atoms with Crippen molar-refractivity contribution in [2.45, 2.75) is 18.9 Å². The molecule has 2 heterocycles. The summed E-state index contributed by atoms with van der Waals surface area (Å²) < 4.78 is 0. The maximum atomic E-state index is 12.1. The zero-order valence-corrected chi connectivity index (χ0v) is 13.6. The van der Waals surface area contributed by atoms with Crippen LogP contribution in [0.4, 0.5) is 5.82 Å². The summed E-state index contributed by atoms with van der Waals surface area (Å²) in [6, 6.07) is 15.7. The van der Waals surface area contributed by atoms with E-state index in [0.717, 1.165) is 19.4 Å². The number of β-amino-alcohol motifs (C(OH)–C–C–N with tert-alkyl or cyclic N) is 1. The summed E-state index contributed by atoms with van der Waals surface area (Å²) in [5, 5.41) is 13.2. The van der Waals surface area contributed by atoms with Gasteiger partial charge in [-0.25, -0.2) is 4.98 Å². The fourth-order valence-corrected chi connectivity index (χ4v) is 3.17. The molecule has 1 aromatic heterocycles. The smallest absolute Gasteiger partial charge is 0.239 e. The van der Waals surface area contributed by atoms with Crippen LogP contribution < -0.4 is 5.32 Å². The quantitative estimate of drug-likeness (QED) is 0.882. The van der Waals surface area contributed by atoms with E-state index < -0.39 is 6.10 Å². The Kier molecular flexibility index (Phi) is 5.56. The number of amides is 1. The van der Waals surface area contributed by atoms with Crippen LogP contribution in [0.15, 0.2) is 54.7 Å². The summed E-state index contributed by atoms with van der Waals surface area (Å²) in [6.45, 7) is 1.64. The van der Waals surface area contributed by atoms with Crippen molar-refractivity contribution in [1.29, 1.82) is 0 Å². The standard InChI is InChI=1S/C19H23N3O2/c23-17-13-22(14-19(24)21-18-8-4-5-10-20-18)11-9-16(17)12-15-6-2-1-3-7-15/h1-8,10,16-17,23H,9,11-14H2,(H,20,21,24)/t16-,17-/m1/s1. The van der Waals surface area contributed by atoms with Crippen molar-refractivity contribution in [3.8, 4) is 0 Å². The highest BCUT2D eigenvalue weighted by Gasteiger charge is 2.28. The first-order valence-corrected chi connectivity index (χ1v) is 8.36. The van der Waals surface area contributed by atoms with Gasteiger partial charge in [-0.3, -0.25) is 9.69 Å². The van der Waals surface area contributed by atoms with Crippen LogP contribution in [-0.4, -0.2) is 46.6 Å². The molecule has 0 unspecified atom stereocenters. The minimum atomic E-state index is -0.401. The van der Waals surface area contributed by atoms with E-state index >= 15 is 0 Å². The molecule has 0 bridgehead atoms. The Morgan fingerprint density at radius 2 is 2.00 bits per heavy atom. The first-order valence-electron chi connectivity index (χ1n) is 8.36. The number of nitrogens with zero attached hydrogens (tertiary/aromatic N) is 2. The summed E-state index contributed by atoms with van der Waals surface area (Å²) in [5.41, 5.74) is 1.25. The molecular weight excluding hydrogens is 302 g/mol. The van der Waals surface area contributed by atoms with Crippen molar-refractivity contribution in [1.82, 2.24) is 9.88 Å². The van der Waals surface area contributed by atoms with E-state index in [1.807, 2.05) is 35.2 Å².